The Morgan fingerprint density at radius 3 is 2.50 bits per heavy atom. The van der Waals surface area contributed by atoms with Gasteiger partial charge >= 0.3 is 0 Å². The Hall–Kier alpha value is -0.0700. The molecule has 2 atom stereocenters. The van der Waals surface area contributed by atoms with E-state index in [2.05, 4.69) is 24.1 Å². The van der Waals surface area contributed by atoms with Crippen LogP contribution in [0.15, 0.2) is 0 Å². The SMILES string of the molecule is CC(C)(CNC(=O)C1CCCC(N)C1)N1CCOCC1.Cl.Cl. The average Bonchev–Trinajstić information content (AvgIpc) is 2.46. The van der Waals surface area contributed by atoms with Gasteiger partial charge in [0.2, 0.25) is 5.91 Å². The highest BCUT2D eigenvalue weighted by Gasteiger charge is 2.30. The van der Waals surface area contributed by atoms with Crippen LogP contribution in [0.25, 0.3) is 0 Å². The number of hydrogen-bond acceptors (Lipinski definition) is 4. The van der Waals surface area contributed by atoms with Gasteiger partial charge in [-0.25, -0.2) is 0 Å². The lowest BCUT2D eigenvalue weighted by molar-refractivity contribution is -0.126. The molecule has 5 nitrogen and oxygen atoms in total. The molecule has 1 heterocycles. The van der Waals surface area contributed by atoms with E-state index in [0.29, 0.717) is 6.54 Å². The van der Waals surface area contributed by atoms with Crippen molar-refractivity contribution in [1.82, 2.24) is 10.2 Å². The van der Waals surface area contributed by atoms with Crippen molar-refractivity contribution in [2.75, 3.05) is 32.8 Å². The summed E-state index contributed by atoms with van der Waals surface area (Å²) in [7, 11) is 0. The minimum Gasteiger partial charge on any atom is -0.379 e. The van der Waals surface area contributed by atoms with Gasteiger partial charge in [0.15, 0.2) is 0 Å². The van der Waals surface area contributed by atoms with Crippen LogP contribution < -0.4 is 11.1 Å². The summed E-state index contributed by atoms with van der Waals surface area (Å²) in [4.78, 5) is 14.7. The lowest BCUT2D eigenvalue weighted by Crippen LogP contribution is -2.56. The molecule has 2 rings (SSSR count). The zero-order valence-corrected chi connectivity index (χ0v) is 15.3. The molecule has 3 N–H and O–H groups in total. The largest absolute Gasteiger partial charge is 0.379 e. The Balaban J connectivity index is 0.00000220. The van der Waals surface area contributed by atoms with Gasteiger partial charge in [-0.1, -0.05) is 6.42 Å². The van der Waals surface area contributed by atoms with Gasteiger partial charge in [-0.3, -0.25) is 9.69 Å². The van der Waals surface area contributed by atoms with Gasteiger partial charge in [-0.05, 0) is 33.1 Å². The fraction of sp³-hybridized carbons (Fsp3) is 0.933. The molecule has 2 aliphatic rings. The van der Waals surface area contributed by atoms with Crippen molar-refractivity contribution >= 4 is 30.7 Å². The first-order chi connectivity index (χ1) is 9.49. The fourth-order valence-electron chi connectivity index (χ4n) is 3.19. The van der Waals surface area contributed by atoms with Crippen LogP contribution in [0.1, 0.15) is 39.5 Å². The van der Waals surface area contributed by atoms with Gasteiger partial charge in [0.05, 0.1) is 13.2 Å². The van der Waals surface area contributed by atoms with E-state index in [1.54, 1.807) is 0 Å². The molecule has 0 aromatic rings. The van der Waals surface area contributed by atoms with E-state index in [1.807, 2.05) is 0 Å². The van der Waals surface area contributed by atoms with Crippen LogP contribution in [-0.2, 0) is 9.53 Å². The molecule has 1 amide bonds. The van der Waals surface area contributed by atoms with Crippen LogP contribution >= 0.6 is 24.8 Å². The zero-order chi connectivity index (χ0) is 14.6. The number of carbonyl (C=O) groups is 1. The molecule has 7 heteroatoms. The normalized spacial score (nSPS) is 26.5. The second-order valence-corrected chi connectivity index (χ2v) is 6.75. The average molecular weight is 356 g/mol. The maximum Gasteiger partial charge on any atom is 0.223 e. The number of ether oxygens (including phenoxy) is 1. The van der Waals surface area contributed by atoms with Crippen molar-refractivity contribution in [1.29, 1.82) is 0 Å². The smallest absolute Gasteiger partial charge is 0.223 e. The molecular formula is C15H31Cl2N3O2. The van der Waals surface area contributed by atoms with Crippen LogP contribution in [0.2, 0.25) is 0 Å². The van der Waals surface area contributed by atoms with E-state index < -0.39 is 0 Å². The summed E-state index contributed by atoms with van der Waals surface area (Å²) in [5.74, 6) is 0.292. The molecule has 1 saturated carbocycles. The molecule has 0 bridgehead atoms. The molecule has 0 spiro atoms. The quantitative estimate of drug-likeness (QED) is 0.803. The molecule has 0 aromatic carbocycles. The van der Waals surface area contributed by atoms with Crippen molar-refractivity contribution in [2.24, 2.45) is 11.7 Å². The van der Waals surface area contributed by atoms with Crippen LogP contribution in [0.4, 0.5) is 0 Å². The molecular weight excluding hydrogens is 325 g/mol. The monoisotopic (exact) mass is 355 g/mol. The highest BCUT2D eigenvalue weighted by atomic mass is 35.5. The van der Waals surface area contributed by atoms with E-state index in [1.165, 1.54) is 0 Å². The molecule has 132 valence electrons. The first-order valence-corrected chi connectivity index (χ1v) is 7.85. The van der Waals surface area contributed by atoms with E-state index in [-0.39, 0.29) is 48.2 Å². The second kappa shape index (κ2) is 9.93. The zero-order valence-electron chi connectivity index (χ0n) is 13.7. The van der Waals surface area contributed by atoms with Gasteiger partial charge < -0.3 is 15.8 Å². The Labute approximate surface area is 146 Å². The summed E-state index contributed by atoms with van der Waals surface area (Å²) in [6.07, 6.45) is 3.95. The van der Waals surface area contributed by atoms with Crippen molar-refractivity contribution in [3.05, 3.63) is 0 Å². The third kappa shape index (κ3) is 6.20. The third-order valence-electron chi connectivity index (χ3n) is 4.65. The molecule has 1 aliphatic heterocycles. The predicted octanol–water partition coefficient (Wildman–Crippen LogP) is 1.57. The predicted molar refractivity (Wildman–Crippen MR) is 93.9 cm³/mol. The fourth-order valence-corrected chi connectivity index (χ4v) is 3.19. The van der Waals surface area contributed by atoms with E-state index in [4.69, 9.17) is 10.5 Å². The van der Waals surface area contributed by atoms with Crippen LogP contribution in [0.3, 0.4) is 0 Å². The lowest BCUT2D eigenvalue weighted by atomic mass is 9.85. The lowest BCUT2D eigenvalue weighted by Gasteiger charge is -2.41. The highest BCUT2D eigenvalue weighted by Crippen LogP contribution is 2.23. The summed E-state index contributed by atoms with van der Waals surface area (Å²) >= 11 is 0. The maximum atomic E-state index is 12.3. The topological polar surface area (TPSA) is 67.6 Å². The van der Waals surface area contributed by atoms with Gasteiger partial charge in [-0.2, -0.15) is 0 Å². The Morgan fingerprint density at radius 2 is 1.91 bits per heavy atom. The molecule has 1 saturated heterocycles. The number of rotatable bonds is 4. The first-order valence-electron chi connectivity index (χ1n) is 7.85. The number of nitrogens with zero attached hydrogens (tertiary/aromatic N) is 1. The van der Waals surface area contributed by atoms with E-state index in [0.717, 1.165) is 52.0 Å². The number of amides is 1. The Kier molecular flexibility index (Phi) is 9.90. The van der Waals surface area contributed by atoms with Gasteiger partial charge in [-0.15, -0.1) is 24.8 Å². The molecule has 2 fully saturated rings. The molecule has 22 heavy (non-hydrogen) atoms. The maximum absolute atomic E-state index is 12.3. The van der Waals surface area contributed by atoms with Gasteiger partial charge in [0, 0.05) is 37.1 Å². The van der Waals surface area contributed by atoms with E-state index >= 15 is 0 Å². The van der Waals surface area contributed by atoms with Crippen LogP contribution in [0, 0.1) is 5.92 Å². The summed E-state index contributed by atoms with van der Waals surface area (Å²) in [5, 5.41) is 3.13. The second-order valence-electron chi connectivity index (χ2n) is 6.75. The molecule has 1 aliphatic carbocycles. The van der Waals surface area contributed by atoms with Crippen molar-refractivity contribution < 1.29 is 9.53 Å². The Bertz CT molecular complexity index is 337. The number of nitrogens with one attached hydrogen (secondary N) is 1. The molecule has 0 radical (unpaired) electrons. The first kappa shape index (κ1) is 21.9. The summed E-state index contributed by atoms with van der Waals surface area (Å²) < 4.78 is 5.38. The number of halogens is 2. The van der Waals surface area contributed by atoms with Crippen molar-refractivity contribution in [2.45, 2.75) is 51.1 Å². The number of carbonyl (C=O) groups excluding carboxylic acids is 1. The van der Waals surface area contributed by atoms with E-state index in [9.17, 15) is 4.79 Å². The van der Waals surface area contributed by atoms with Gasteiger partial charge in [0.1, 0.15) is 0 Å². The summed E-state index contributed by atoms with van der Waals surface area (Å²) in [6, 6.07) is 0.201. The number of hydrogen-bond donors (Lipinski definition) is 2. The standard InChI is InChI=1S/C15H29N3O2.2ClH/c1-15(2,18-6-8-20-9-7-18)11-17-14(19)12-4-3-5-13(16)10-12;;/h12-13H,3-11,16H2,1-2H3,(H,17,19);2*1H. The number of nitrogens with two attached hydrogens (primary N) is 1. The molecule has 2 unspecified atom stereocenters. The Morgan fingerprint density at radius 1 is 1.27 bits per heavy atom. The minimum atomic E-state index is -0.0176. The third-order valence-corrected chi connectivity index (χ3v) is 4.65. The van der Waals surface area contributed by atoms with Crippen molar-refractivity contribution in [3.8, 4) is 0 Å². The van der Waals surface area contributed by atoms with Crippen LogP contribution in [0.5, 0.6) is 0 Å². The van der Waals surface area contributed by atoms with Crippen LogP contribution in [-0.4, -0.2) is 55.2 Å². The molecule has 0 aromatic heterocycles. The van der Waals surface area contributed by atoms with Gasteiger partial charge in [0.25, 0.3) is 0 Å². The summed E-state index contributed by atoms with van der Waals surface area (Å²) in [6.45, 7) is 8.52. The summed E-state index contributed by atoms with van der Waals surface area (Å²) in [5.41, 5.74) is 5.94. The van der Waals surface area contributed by atoms with Crippen molar-refractivity contribution in [3.63, 3.8) is 0 Å². The number of morpholine rings is 1. The highest BCUT2D eigenvalue weighted by molar-refractivity contribution is 5.85. The minimum absolute atomic E-state index is 0.